The number of thioether (sulfide) groups is 1. The fourth-order valence-corrected chi connectivity index (χ4v) is 4.01. The van der Waals surface area contributed by atoms with Gasteiger partial charge in [-0.1, -0.05) is 62.4 Å². The Morgan fingerprint density at radius 1 is 1.03 bits per heavy atom. The van der Waals surface area contributed by atoms with Crippen LogP contribution in [0.4, 0.5) is 4.79 Å². The first-order valence-electron chi connectivity index (χ1n) is 11.1. The van der Waals surface area contributed by atoms with E-state index in [1.54, 1.807) is 0 Å². The van der Waals surface area contributed by atoms with E-state index in [9.17, 15) is 9.59 Å². The van der Waals surface area contributed by atoms with E-state index < -0.39 is 11.6 Å². The topological polar surface area (TPSA) is 88.9 Å². The third kappa shape index (κ3) is 9.20. The maximum absolute atomic E-state index is 12.2. The molecule has 0 atom stereocenters. The minimum Gasteiger partial charge on any atom is -0.333 e. The number of rotatable bonds is 11. The van der Waals surface area contributed by atoms with Gasteiger partial charge in [0.05, 0.1) is 5.75 Å². The number of urea groups is 1. The molecule has 0 saturated heterocycles. The van der Waals surface area contributed by atoms with Gasteiger partial charge in [0.25, 0.3) is 0 Å². The minimum atomic E-state index is -0.501. The number of hydrogen-bond donors (Lipinski definition) is 2. The number of benzene rings is 1. The van der Waals surface area contributed by atoms with Crippen molar-refractivity contribution >= 4 is 35.3 Å². The predicted octanol–water partition coefficient (Wildman–Crippen LogP) is 5.68. The molecule has 1 aromatic carbocycles. The summed E-state index contributed by atoms with van der Waals surface area (Å²) in [6.45, 7) is 8.55. The van der Waals surface area contributed by atoms with E-state index >= 15 is 0 Å². The molecule has 0 spiro atoms. The number of hydrogen-bond acceptors (Lipinski definition) is 5. The van der Waals surface area contributed by atoms with Crippen LogP contribution < -0.4 is 10.6 Å². The Labute approximate surface area is 200 Å². The van der Waals surface area contributed by atoms with E-state index in [2.05, 4.69) is 32.3 Å². The van der Waals surface area contributed by atoms with Gasteiger partial charge in [0.1, 0.15) is 0 Å². The molecule has 1 heterocycles. The highest BCUT2D eigenvalue weighted by molar-refractivity contribution is 7.99. The zero-order valence-electron chi connectivity index (χ0n) is 19.4. The Hall–Kier alpha value is -2.06. The smallest absolute Gasteiger partial charge is 0.321 e. The molecule has 9 heteroatoms. The van der Waals surface area contributed by atoms with Gasteiger partial charge in [0, 0.05) is 22.7 Å². The van der Waals surface area contributed by atoms with Gasteiger partial charge in [-0.05, 0) is 51.5 Å². The zero-order chi connectivity index (χ0) is 23.6. The van der Waals surface area contributed by atoms with Crippen LogP contribution >= 0.6 is 23.4 Å². The highest BCUT2D eigenvalue weighted by atomic mass is 35.5. The maximum atomic E-state index is 12.2. The van der Waals surface area contributed by atoms with Crippen molar-refractivity contribution in [3.8, 4) is 11.4 Å². The normalized spacial score (nSPS) is 11.4. The minimum absolute atomic E-state index is 0.0762. The first kappa shape index (κ1) is 26.2. The Kier molecular flexibility index (Phi) is 10.5. The summed E-state index contributed by atoms with van der Waals surface area (Å²) in [4.78, 5) is 24.2. The van der Waals surface area contributed by atoms with Crippen molar-refractivity contribution < 1.29 is 9.59 Å². The summed E-state index contributed by atoms with van der Waals surface area (Å²) in [6, 6.07) is 6.99. The Balaban J connectivity index is 2.04. The van der Waals surface area contributed by atoms with E-state index in [0.717, 1.165) is 30.8 Å². The van der Waals surface area contributed by atoms with Crippen molar-refractivity contribution in [3.05, 3.63) is 29.3 Å². The largest absolute Gasteiger partial charge is 0.333 e. The van der Waals surface area contributed by atoms with Crippen molar-refractivity contribution in [3.63, 3.8) is 0 Å². The van der Waals surface area contributed by atoms with E-state index in [4.69, 9.17) is 11.6 Å². The summed E-state index contributed by atoms with van der Waals surface area (Å²) >= 11 is 7.31. The number of unbranched alkanes of at least 4 members (excludes halogenated alkanes) is 5. The molecule has 0 fully saturated rings. The molecular formula is C23H34ClN5O2S. The lowest BCUT2D eigenvalue weighted by Crippen LogP contribution is -2.48. The lowest BCUT2D eigenvalue weighted by atomic mass is 10.1. The Morgan fingerprint density at radius 2 is 1.69 bits per heavy atom. The van der Waals surface area contributed by atoms with Crippen molar-refractivity contribution in [2.75, 3.05) is 5.75 Å². The van der Waals surface area contributed by atoms with Crippen LogP contribution in [0.5, 0.6) is 0 Å². The summed E-state index contributed by atoms with van der Waals surface area (Å²) in [7, 11) is 0. The molecular weight excluding hydrogens is 446 g/mol. The van der Waals surface area contributed by atoms with E-state index in [0.29, 0.717) is 10.2 Å². The summed E-state index contributed by atoms with van der Waals surface area (Å²) < 4.78 is 2.05. The van der Waals surface area contributed by atoms with Crippen LogP contribution in [0.1, 0.15) is 66.2 Å². The van der Waals surface area contributed by atoms with Crippen LogP contribution in [0, 0.1) is 0 Å². The van der Waals surface area contributed by atoms with Crippen LogP contribution in [0.25, 0.3) is 11.4 Å². The summed E-state index contributed by atoms with van der Waals surface area (Å²) in [5.74, 6) is 0.454. The molecule has 1 aromatic heterocycles. The van der Waals surface area contributed by atoms with Gasteiger partial charge in [-0.15, -0.1) is 10.2 Å². The van der Waals surface area contributed by atoms with Crippen LogP contribution in [0.2, 0.25) is 5.02 Å². The molecule has 7 nitrogen and oxygen atoms in total. The van der Waals surface area contributed by atoms with E-state index in [1.165, 1.54) is 37.4 Å². The van der Waals surface area contributed by atoms with Gasteiger partial charge in [0.2, 0.25) is 5.91 Å². The van der Waals surface area contributed by atoms with Gasteiger partial charge in [-0.2, -0.15) is 0 Å². The summed E-state index contributed by atoms with van der Waals surface area (Å²) in [5.41, 5.74) is 0.510. The van der Waals surface area contributed by atoms with Crippen molar-refractivity contribution in [2.24, 2.45) is 0 Å². The van der Waals surface area contributed by atoms with Crippen molar-refractivity contribution in [1.82, 2.24) is 25.4 Å². The number of aromatic nitrogens is 3. The molecule has 0 aliphatic rings. The fourth-order valence-electron chi connectivity index (χ4n) is 3.12. The number of carbonyl (C=O) groups is 2. The van der Waals surface area contributed by atoms with Crippen LogP contribution in [-0.4, -0.2) is 38.0 Å². The lowest BCUT2D eigenvalue weighted by Gasteiger charge is -2.20. The first-order valence-corrected chi connectivity index (χ1v) is 12.5. The van der Waals surface area contributed by atoms with Crippen LogP contribution in [0.15, 0.2) is 29.4 Å². The zero-order valence-corrected chi connectivity index (χ0v) is 21.0. The second-order valence-corrected chi connectivity index (χ2v) is 10.2. The molecule has 3 amide bonds. The molecule has 176 valence electrons. The molecule has 0 aliphatic carbocycles. The molecule has 0 aliphatic heterocycles. The van der Waals surface area contributed by atoms with E-state index in [1.807, 2.05) is 45.0 Å². The molecule has 0 radical (unpaired) electrons. The van der Waals surface area contributed by atoms with Gasteiger partial charge < -0.3 is 9.88 Å². The molecule has 2 aromatic rings. The third-order valence-electron chi connectivity index (χ3n) is 4.63. The number of imide groups is 1. The number of carbonyl (C=O) groups excluding carboxylic acids is 2. The van der Waals surface area contributed by atoms with Crippen LogP contribution in [-0.2, 0) is 11.3 Å². The second-order valence-electron chi connectivity index (χ2n) is 8.77. The highest BCUT2D eigenvalue weighted by Gasteiger charge is 2.18. The summed E-state index contributed by atoms with van der Waals surface area (Å²) in [5, 5.41) is 15.1. The molecule has 0 saturated carbocycles. The molecule has 0 bridgehead atoms. The fraction of sp³-hybridized carbons (Fsp3) is 0.565. The van der Waals surface area contributed by atoms with Gasteiger partial charge in [0.15, 0.2) is 11.0 Å². The standard InChI is InChI=1S/C23H34ClN5O2S/c1-5-6-7-8-9-10-15-29-20(17-11-13-18(24)14-12-17)27-28-22(29)32-16-19(30)25-21(31)26-23(2,3)4/h11-14H,5-10,15-16H2,1-4H3,(H2,25,26,30,31). The average Bonchev–Trinajstić information content (AvgIpc) is 3.11. The Morgan fingerprint density at radius 3 is 2.34 bits per heavy atom. The van der Waals surface area contributed by atoms with Gasteiger partial charge in [-0.3, -0.25) is 10.1 Å². The van der Waals surface area contributed by atoms with Crippen molar-refractivity contribution in [1.29, 1.82) is 0 Å². The SMILES string of the molecule is CCCCCCCCn1c(SCC(=O)NC(=O)NC(C)(C)C)nnc1-c1ccc(Cl)cc1. The van der Waals surface area contributed by atoms with Gasteiger partial charge >= 0.3 is 6.03 Å². The maximum Gasteiger partial charge on any atom is 0.321 e. The first-order chi connectivity index (χ1) is 15.2. The van der Waals surface area contributed by atoms with Crippen LogP contribution in [0.3, 0.4) is 0 Å². The highest BCUT2D eigenvalue weighted by Crippen LogP contribution is 2.26. The quantitative estimate of drug-likeness (QED) is 0.320. The number of nitrogens with zero attached hydrogens (tertiary/aromatic N) is 3. The lowest BCUT2D eigenvalue weighted by molar-refractivity contribution is -0.117. The second kappa shape index (κ2) is 12.8. The summed E-state index contributed by atoms with van der Waals surface area (Å²) in [6.07, 6.45) is 7.09. The molecule has 2 N–H and O–H groups in total. The average molecular weight is 480 g/mol. The number of amides is 3. The molecule has 2 rings (SSSR count). The molecule has 0 unspecified atom stereocenters. The number of halogens is 1. The van der Waals surface area contributed by atoms with Crippen molar-refractivity contribution in [2.45, 2.75) is 83.5 Å². The Bertz CT molecular complexity index is 878. The number of nitrogens with one attached hydrogen (secondary N) is 2. The molecule has 32 heavy (non-hydrogen) atoms. The monoisotopic (exact) mass is 479 g/mol. The van der Waals surface area contributed by atoms with E-state index in [-0.39, 0.29) is 11.7 Å². The van der Waals surface area contributed by atoms with Gasteiger partial charge in [-0.25, -0.2) is 4.79 Å². The third-order valence-corrected chi connectivity index (χ3v) is 5.85. The predicted molar refractivity (Wildman–Crippen MR) is 131 cm³/mol.